The molecule has 0 radical (unpaired) electrons. The van der Waals surface area contributed by atoms with Crippen LogP contribution in [0.2, 0.25) is 5.02 Å². The van der Waals surface area contributed by atoms with Crippen LogP contribution in [0.25, 0.3) is 11.3 Å². The van der Waals surface area contributed by atoms with E-state index in [0.717, 1.165) is 22.4 Å². The van der Waals surface area contributed by atoms with Crippen molar-refractivity contribution in [2.24, 2.45) is 0 Å². The number of hydrogen-bond donors (Lipinski definition) is 0. The van der Waals surface area contributed by atoms with Crippen molar-refractivity contribution in [3.05, 3.63) is 82.9 Å². The van der Waals surface area contributed by atoms with Gasteiger partial charge >= 0.3 is 0 Å². The van der Waals surface area contributed by atoms with Crippen LogP contribution in [0.1, 0.15) is 31.9 Å². The minimum atomic E-state index is -0.304. The van der Waals surface area contributed by atoms with E-state index in [2.05, 4.69) is 16.8 Å². The Labute approximate surface area is 159 Å². The van der Waals surface area contributed by atoms with Crippen LogP contribution in [-0.2, 0) is 0 Å². The van der Waals surface area contributed by atoms with Gasteiger partial charge in [0.15, 0.2) is 0 Å². The first kappa shape index (κ1) is 18.0. The molecule has 0 aliphatic rings. The Balaban J connectivity index is 2.01. The summed E-state index contributed by atoms with van der Waals surface area (Å²) in [6, 6.07) is 21.3. The summed E-state index contributed by atoms with van der Waals surface area (Å²) in [6.07, 6.45) is 0. The zero-order valence-electron chi connectivity index (χ0n) is 15.1. The van der Waals surface area contributed by atoms with Gasteiger partial charge in [-0.15, -0.1) is 0 Å². The second kappa shape index (κ2) is 7.64. The Morgan fingerprint density at radius 2 is 1.65 bits per heavy atom. The van der Waals surface area contributed by atoms with E-state index < -0.39 is 0 Å². The highest BCUT2D eigenvalue weighted by Gasteiger charge is 2.14. The van der Waals surface area contributed by atoms with Crippen LogP contribution < -0.4 is 4.74 Å². The summed E-state index contributed by atoms with van der Waals surface area (Å²) in [7, 11) is 0. The summed E-state index contributed by atoms with van der Waals surface area (Å²) >= 11 is 6.19. The van der Waals surface area contributed by atoms with E-state index in [1.807, 2.05) is 87.5 Å². The van der Waals surface area contributed by atoms with Gasteiger partial charge in [-0.25, -0.2) is 4.98 Å². The molecular formula is C23H20ClNO. The lowest BCUT2D eigenvalue weighted by molar-refractivity contribution is 0.124. The molecule has 3 aromatic rings. The van der Waals surface area contributed by atoms with E-state index in [9.17, 15) is 0 Å². The maximum absolute atomic E-state index is 6.19. The van der Waals surface area contributed by atoms with Gasteiger partial charge in [0, 0.05) is 27.8 Å². The lowest BCUT2D eigenvalue weighted by atomic mass is 10.0. The number of nitrogens with zero attached hydrogens (tertiary/aromatic N) is 1. The number of rotatable bonds is 2. The van der Waals surface area contributed by atoms with E-state index in [4.69, 9.17) is 16.3 Å². The number of aromatic nitrogens is 1. The zero-order valence-corrected chi connectivity index (χ0v) is 15.8. The first-order valence-electron chi connectivity index (χ1n) is 8.44. The van der Waals surface area contributed by atoms with Crippen LogP contribution in [0.5, 0.6) is 5.88 Å². The Hall–Kier alpha value is -2.76. The van der Waals surface area contributed by atoms with Crippen molar-refractivity contribution in [3.8, 4) is 29.0 Å². The molecule has 3 rings (SSSR count). The van der Waals surface area contributed by atoms with Crippen molar-refractivity contribution in [2.75, 3.05) is 0 Å². The topological polar surface area (TPSA) is 22.1 Å². The number of hydrogen-bond acceptors (Lipinski definition) is 2. The summed E-state index contributed by atoms with van der Waals surface area (Å²) in [5, 5.41) is 0.646. The Morgan fingerprint density at radius 3 is 2.38 bits per heavy atom. The summed E-state index contributed by atoms with van der Waals surface area (Å²) in [5.41, 5.74) is 3.22. The van der Waals surface area contributed by atoms with Gasteiger partial charge in [0.2, 0.25) is 5.88 Å². The molecule has 3 heteroatoms. The highest BCUT2D eigenvalue weighted by atomic mass is 35.5. The van der Waals surface area contributed by atoms with E-state index in [1.165, 1.54) is 0 Å². The first-order valence-corrected chi connectivity index (χ1v) is 8.82. The second-order valence-electron chi connectivity index (χ2n) is 6.88. The van der Waals surface area contributed by atoms with Crippen LogP contribution in [-0.4, -0.2) is 10.6 Å². The number of pyridine rings is 1. The fourth-order valence-electron chi connectivity index (χ4n) is 2.44. The highest BCUT2D eigenvalue weighted by Crippen LogP contribution is 2.27. The average molecular weight is 362 g/mol. The summed E-state index contributed by atoms with van der Waals surface area (Å²) in [5.74, 6) is 6.99. The third-order valence-corrected chi connectivity index (χ3v) is 3.74. The van der Waals surface area contributed by atoms with E-state index >= 15 is 0 Å². The normalized spacial score (nSPS) is 10.8. The van der Waals surface area contributed by atoms with Crippen molar-refractivity contribution >= 4 is 11.6 Å². The third-order valence-electron chi connectivity index (χ3n) is 3.51. The number of halogens is 1. The van der Waals surface area contributed by atoms with E-state index in [1.54, 1.807) is 0 Å². The summed E-state index contributed by atoms with van der Waals surface area (Å²) in [6.45, 7) is 6.00. The van der Waals surface area contributed by atoms with E-state index in [-0.39, 0.29) is 5.60 Å². The largest absolute Gasteiger partial charge is 0.472 e. The molecule has 2 nitrogen and oxygen atoms in total. The molecule has 0 saturated carbocycles. The van der Waals surface area contributed by atoms with Crippen LogP contribution in [0, 0.1) is 11.8 Å². The van der Waals surface area contributed by atoms with Crippen LogP contribution in [0.4, 0.5) is 0 Å². The van der Waals surface area contributed by atoms with E-state index in [0.29, 0.717) is 10.9 Å². The van der Waals surface area contributed by atoms with Gasteiger partial charge < -0.3 is 4.74 Å². The van der Waals surface area contributed by atoms with Gasteiger partial charge in [-0.3, -0.25) is 0 Å². The summed E-state index contributed by atoms with van der Waals surface area (Å²) < 4.78 is 5.88. The van der Waals surface area contributed by atoms with Crippen molar-refractivity contribution in [3.63, 3.8) is 0 Å². The maximum atomic E-state index is 6.19. The Morgan fingerprint density at radius 1 is 0.885 bits per heavy atom. The first-order chi connectivity index (χ1) is 12.4. The average Bonchev–Trinajstić information content (AvgIpc) is 2.60. The predicted octanol–water partition coefficient (Wildman–Crippen LogP) is 5.98. The lowest BCUT2D eigenvalue weighted by Crippen LogP contribution is -2.23. The molecule has 0 unspecified atom stereocenters. The number of ether oxygens (including phenoxy) is 1. The standard InChI is InChI=1S/C23H20ClNO/c1-23(2,3)26-22-11-7-10-21(25-22)20-15-14-19(24)16-18(20)13-12-17-8-5-4-6-9-17/h4-11,14-16H,1-3H3. The fourth-order valence-corrected chi connectivity index (χ4v) is 2.61. The molecule has 0 bridgehead atoms. The van der Waals surface area contributed by atoms with Gasteiger partial charge in [-0.2, -0.15) is 0 Å². The predicted molar refractivity (Wildman–Crippen MR) is 107 cm³/mol. The SMILES string of the molecule is CC(C)(C)Oc1cccc(-c2ccc(Cl)cc2C#Cc2ccccc2)n1. The van der Waals surface area contributed by atoms with Crippen LogP contribution >= 0.6 is 11.6 Å². The van der Waals surface area contributed by atoms with Gasteiger partial charge in [0.05, 0.1) is 5.69 Å². The monoisotopic (exact) mass is 361 g/mol. The van der Waals surface area contributed by atoms with Gasteiger partial charge in [-0.05, 0) is 51.1 Å². The minimum Gasteiger partial charge on any atom is -0.472 e. The molecule has 0 saturated heterocycles. The molecule has 0 N–H and O–H groups in total. The minimum absolute atomic E-state index is 0.304. The number of benzene rings is 2. The summed E-state index contributed by atoms with van der Waals surface area (Å²) in [4.78, 5) is 4.64. The maximum Gasteiger partial charge on any atom is 0.214 e. The molecule has 0 aliphatic carbocycles. The van der Waals surface area contributed by atoms with Gasteiger partial charge in [-0.1, -0.05) is 53.8 Å². The van der Waals surface area contributed by atoms with Crippen molar-refractivity contribution in [2.45, 2.75) is 26.4 Å². The zero-order chi connectivity index (χ0) is 18.6. The van der Waals surface area contributed by atoms with Gasteiger partial charge in [0.1, 0.15) is 5.60 Å². The third kappa shape index (κ3) is 4.88. The molecule has 130 valence electrons. The Bertz CT molecular complexity index is 963. The molecule has 1 aromatic heterocycles. The molecule has 0 aliphatic heterocycles. The Kier molecular flexibility index (Phi) is 5.30. The van der Waals surface area contributed by atoms with Gasteiger partial charge in [0.25, 0.3) is 0 Å². The fraction of sp³-hybridized carbons (Fsp3) is 0.174. The molecule has 0 atom stereocenters. The van der Waals surface area contributed by atoms with Crippen molar-refractivity contribution < 1.29 is 4.74 Å². The smallest absolute Gasteiger partial charge is 0.214 e. The molecule has 26 heavy (non-hydrogen) atoms. The molecule has 0 amide bonds. The molecular weight excluding hydrogens is 342 g/mol. The highest BCUT2D eigenvalue weighted by molar-refractivity contribution is 6.30. The molecule has 0 fully saturated rings. The van der Waals surface area contributed by atoms with Crippen molar-refractivity contribution in [1.29, 1.82) is 0 Å². The molecule has 0 spiro atoms. The van der Waals surface area contributed by atoms with Crippen molar-refractivity contribution in [1.82, 2.24) is 4.98 Å². The van der Waals surface area contributed by atoms with Crippen LogP contribution in [0.3, 0.4) is 0 Å². The van der Waals surface area contributed by atoms with Crippen LogP contribution in [0.15, 0.2) is 66.7 Å². The molecule has 2 aromatic carbocycles. The second-order valence-corrected chi connectivity index (χ2v) is 7.32. The quantitative estimate of drug-likeness (QED) is 0.524. The lowest BCUT2D eigenvalue weighted by Gasteiger charge is -2.20. The molecule has 1 heterocycles.